The highest BCUT2D eigenvalue weighted by Gasteiger charge is 2.23. The quantitative estimate of drug-likeness (QED) is 0.164. The molecule has 11 heteroatoms. The number of hydrogen-bond acceptors (Lipinski definition) is 8. The summed E-state index contributed by atoms with van der Waals surface area (Å²) in [6.07, 6.45) is 2.73. The highest BCUT2D eigenvalue weighted by Crippen LogP contribution is 2.30. The van der Waals surface area contributed by atoms with E-state index in [1.807, 2.05) is 28.8 Å². The van der Waals surface area contributed by atoms with Gasteiger partial charge in [-0.05, 0) is 53.1 Å². The molecule has 0 saturated carbocycles. The molecule has 0 aliphatic rings. The summed E-state index contributed by atoms with van der Waals surface area (Å²) in [6, 6.07) is 21.9. The molecule has 10 nitrogen and oxygen atoms in total. The predicted octanol–water partition coefficient (Wildman–Crippen LogP) is 5.48. The minimum Gasteiger partial charge on any atom is -0.508 e. The molecule has 0 spiro atoms. The van der Waals surface area contributed by atoms with Gasteiger partial charge in [-0.1, -0.05) is 85.6 Å². The standard InChI is InChI=1S/C31H32ClN7O3/c1-3-4-9-27-34-29(32)26(19-42-31(41)28(33-2)22-14-16-23(40)17-15-22)39(27)18-20-10-12-21(13-11-20)24-7-5-6-8-25(24)30-35-37-38-36-30/h5-8,10-17,28,33,40H,3-4,9,18-19H2,1-2H3,(H,35,36,37,38)/t28-/m0/s1. The molecule has 3 N–H and O–H groups in total. The summed E-state index contributed by atoms with van der Waals surface area (Å²) in [5, 5.41) is 27.4. The number of aromatic hydroxyl groups is 1. The van der Waals surface area contributed by atoms with Gasteiger partial charge in [0.25, 0.3) is 0 Å². The zero-order valence-electron chi connectivity index (χ0n) is 23.4. The molecule has 0 radical (unpaired) electrons. The number of carbonyl (C=O) groups is 1. The topological polar surface area (TPSA) is 131 Å². The van der Waals surface area contributed by atoms with Crippen molar-refractivity contribution in [2.24, 2.45) is 0 Å². The van der Waals surface area contributed by atoms with Gasteiger partial charge in [0.1, 0.15) is 24.2 Å². The number of nitrogens with one attached hydrogen (secondary N) is 2. The van der Waals surface area contributed by atoms with E-state index in [1.54, 1.807) is 19.2 Å². The average molecular weight is 586 g/mol. The lowest BCUT2D eigenvalue weighted by Gasteiger charge is -2.17. The third-order valence-corrected chi connectivity index (χ3v) is 7.38. The molecule has 216 valence electrons. The third kappa shape index (κ3) is 6.50. The number of likely N-dealkylation sites (N-methyl/N-ethyl adjacent to an activating group) is 1. The first-order chi connectivity index (χ1) is 20.5. The maximum atomic E-state index is 13.0. The Kier molecular flexibility index (Phi) is 9.25. The molecule has 5 aromatic rings. The smallest absolute Gasteiger partial charge is 0.328 e. The van der Waals surface area contributed by atoms with Crippen molar-refractivity contribution in [1.82, 2.24) is 35.5 Å². The third-order valence-electron chi connectivity index (χ3n) is 7.08. The van der Waals surface area contributed by atoms with Gasteiger partial charge in [-0.2, -0.15) is 5.21 Å². The number of halogens is 1. The van der Waals surface area contributed by atoms with E-state index < -0.39 is 12.0 Å². The van der Waals surface area contributed by atoms with Crippen molar-refractivity contribution in [3.8, 4) is 28.3 Å². The number of nitrogens with zero attached hydrogens (tertiary/aromatic N) is 5. The number of tetrazole rings is 1. The molecule has 0 unspecified atom stereocenters. The molecule has 42 heavy (non-hydrogen) atoms. The van der Waals surface area contributed by atoms with Crippen molar-refractivity contribution in [3.63, 3.8) is 0 Å². The number of H-pyrrole nitrogens is 1. The number of unbranched alkanes of at least 4 members (excludes halogenated alkanes) is 1. The van der Waals surface area contributed by atoms with Gasteiger partial charge in [0.05, 0.1) is 5.69 Å². The number of rotatable bonds is 12. The molecular formula is C31H32ClN7O3. The van der Waals surface area contributed by atoms with E-state index >= 15 is 0 Å². The van der Waals surface area contributed by atoms with Gasteiger partial charge in [-0.25, -0.2) is 9.78 Å². The van der Waals surface area contributed by atoms with Crippen LogP contribution in [0.15, 0.2) is 72.8 Å². The first-order valence-corrected chi connectivity index (χ1v) is 14.1. The van der Waals surface area contributed by atoms with Gasteiger partial charge in [-0.3, -0.25) is 0 Å². The van der Waals surface area contributed by atoms with Crippen LogP contribution in [-0.4, -0.2) is 48.3 Å². The van der Waals surface area contributed by atoms with Crippen molar-refractivity contribution < 1.29 is 14.6 Å². The number of hydrogen-bond donors (Lipinski definition) is 3. The van der Waals surface area contributed by atoms with E-state index in [1.165, 1.54) is 12.1 Å². The molecule has 3 aromatic carbocycles. The zero-order chi connectivity index (χ0) is 29.5. The van der Waals surface area contributed by atoms with Crippen LogP contribution in [0.5, 0.6) is 5.75 Å². The molecule has 0 bridgehead atoms. The van der Waals surface area contributed by atoms with Gasteiger partial charge in [-0.15, -0.1) is 10.2 Å². The summed E-state index contributed by atoms with van der Waals surface area (Å²) in [4.78, 5) is 17.7. The van der Waals surface area contributed by atoms with Gasteiger partial charge in [0.2, 0.25) is 5.82 Å². The lowest BCUT2D eigenvalue weighted by atomic mass is 9.98. The van der Waals surface area contributed by atoms with Crippen LogP contribution in [-0.2, 0) is 29.1 Å². The van der Waals surface area contributed by atoms with Crippen molar-refractivity contribution in [2.45, 2.75) is 45.4 Å². The van der Waals surface area contributed by atoms with Gasteiger partial charge in [0.15, 0.2) is 5.15 Å². The Morgan fingerprint density at radius 3 is 2.48 bits per heavy atom. The SMILES string of the molecule is CCCCc1nc(Cl)c(COC(=O)[C@@H](NC)c2ccc(O)cc2)n1Cc1ccc(-c2ccccc2-c2nn[nH]n2)cc1. The first kappa shape index (κ1) is 29.0. The second kappa shape index (κ2) is 13.4. The second-order valence-corrected chi connectivity index (χ2v) is 10.2. The molecule has 2 aromatic heterocycles. The van der Waals surface area contributed by atoms with Gasteiger partial charge < -0.3 is 19.7 Å². The van der Waals surface area contributed by atoms with Crippen LogP contribution in [0.25, 0.3) is 22.5 Å². The Labute approximate surface area is 248 Å². The van der Waals surface area contributed by atoms with Crippen LogP contribution in [0.2, 0.25) is 5.15 Å². The Balaban J connectivity index is 1.37. The fraction of sp³-hybridized carbons (Fsp3) is 0.258. The number of aryl methyl sites for hydroxylation is 1. The number of carbonyl (C=O) groups excluding carboxylic acids is 1. The van der Waals surface area contributed by atoms with Crippen LogP contribution >= 0.6 is 11.6 Å². The van der Waals surface area contributed by atoms with E-state index in [0.717, 1.165) is 47.3 Å². The number of aromatic nitrogens is 6. The summed E-state index contributed by atoms with van der Waals surface area (Å²) in [6.45, 7) is 2.62. The molecule has 0 aliphatic heterocycles. The normalized spacial score (nSPS) is 11.9. The Bertz CT molecular complexity index is 1620. The van der Waals surface area contributed by atoms with Crippen molar-refractivity contribution in [2.75, 3.05) is 7.05 Å². The Morgan fingerprint density at radius 2 is 1.81 bits per heavy atom. The Hall–Kier alpha value is -4.54. The van der Waals surface area contributed by atoms with Crippen molar-refractivity contribution in [3.05, 3.63) is 101 Å². The van der Waals surface area contributed by atoms with Crippen molar-refractivity contribution in [1.29, 1.82) is 0 Å². The van der Waals surface area contributed by atoms with Gasteiger partial charge in [0, 0.05) is 18.5 Å². The van der Waals surface area contributed by atoms with Gasteiger partial charge >= 0.3 is 5.97 Å². The Morgan fingerprint density at radius 1 is 1.07 bits per heavy atom. The van der Waals surface area contributed by atoms with Crippen LogP contribution in [0.1, 0.15) is 48.5 Å². The minimum absolute atomic E-state index is 0.0246. The predicted molar refractivity (Wildman–Crippen MR) is 160 cm³/mol. The second-order valence-electron chi connectivity index (χ2n) is 9.85. The molecule has 1 atom stereocenters. The largest absolute Gasteiger partial charge is 0.508 e. The summed E-state index contributed by atoms with van der Waals surface area (Å²) in [5.74, 6) is 1.06. The summed E-state index contributed by atoms with van der Waals surface area (Å²) in [5.41, 5.74) is 5.29. The molecule has 0 aliphatic carbocycles. The molecule has 0 saturated heterocycles. The van der Waals surface area contributed by atoms with E-state index in [4.69, 9.17) is 16.3 Å². The minimum atomic E-state index is -0.692. The maximum Gasteiger partial charge on any atom is 0.328 e. The summed E-state index contributed by atoms with van der Waals surface area (Å²) >= 11 is 6.61. The van der Waals surface area contributed by atoms with Crippen LogP contribution in [0, 0.1) is 0 Å². The highest BCUT2D eigenvalue weighted by atomic mass is 35.5. The molecular weight excluding hydrogens is 554 g/mol. The number of phenolic OH excluding ortho intramolecular Hbond substituents is 1. The fourth-order valence-electron chi connectivity index (χ4n) is 4.84. The number of phenols is 1. The van der Waals surface area contributed by atoms with E-state index in [2.05, 4.69) is 62.1 Å². The summed E-state index contributed by atoms with van der Waals surface area (Å²) in [7, 11) is 1.68. The zero-order valence-corrected chi connectivity index (χ0v) is 24.2. The van der Waals surface area contributed by atoms with Crippen LogP contribution in [0.4, 0.5) is 0 Å². The lowest BCUT2D eigenvalue weighted by molar-refractivity contribution is -0.147. The number of imidazole rings is 1. The van der Waals surface area contributed by atoms with E-state index in [9.17, 15) is 9.90 Å². The van der Waals surface area contributed by atoms with Crippen LogP contribution < -0.4 is 5.32 Å². The monoisotopic (exact) mass is 585 g/mol. The average Bonchev–Trinajstić information content (AvgIpc) is 3.65. The summed E-state index contributed by atoms with van der Waals surface area (Å²) < 4.78 is 7.78. The van der Waals surface area contributed by atoms with Crippen molar-refractivity contribution >= 4 is 17.6 Å². The van der Waals surface area contributed by atoms with E-state index in [0.29, 0.717) is 28.8 Å². The first-order valence-electron chi connectivity index (χ1n) is 13.8. The number of esters is 1. The maximum absolute atomic E-state index is 13.0. The molecule has 2 heterocycles. The molecule has 0 amide bonds. The van der Waals surface area contributed by atoms with Crippen LogP contribution in [0.3, 0.4) is 0 Å². The number of aromatic amines is 1. The number of ether oxygens (including phenoxy) is 1. The fourth-order valence-corrected chi connectivity index (χ4v) is 5.10. The van der Waals surface area contributed by atoms with E-state index in [-0.39, 0.29) is 12.4 Å². The molecule has 5 rings (SSSR count). The number of benzene rings is 3. The highest BCUT2D eigenvalue weighted by molar-refractivity contribution is 6.30. The molecule has 0 fully saturated rings. The lowest BCUT2D eigenvalue weighted by Crippen LogP contribution is -2.27.